The number of amides is 2. The van der Waals surface area contributed by atoms with E-state index in [1.165, 1.54) is 32.3 Å². The lowest BCUT2D eigenvalue weighted by atomic mass is 10.0. The smallest absolute Gasteiger partial charge is 0.254 e. The van der Waals surface area contributed by atoms with Crippen molar-refractivity contribution in [2.45, 2.75) is 19.4 Å². The molecule has 0 unspecified atom stereocenters. The fourth-order valence-corrected chi connectivity index (χ4v) is 1.03. The van der Waals surface area contributed by atoms with Gasteiger partial charge in [0, 0.05) is 6.20 Å². The van der Waals surface area contributed by atoms with Crippen molar-refractivity contribution < 1.29 is 9.59 Å². The third-order valence-corrected chi connectivity index (χ3v) is 2.14. The molecule has 1 aromatic rings. The summed E-state index contributed by atoms with van der Waals surface area (Å²) in [6.07, 6.45) is 2.81. The van der Waals surface area contributed by atoms with Gasteiger partial charge in [0.05, 0.1) is 17.4 Å². The zero-order valence-electron chi connectivity index (χ0n) is 9.15. The largest absolute Gasteiger partial charge is 0.397 e. The Hall–Kier alpha value is -2.11. The van der Waals surface area contributed by atoms with E-state index in [9.17, 15) is 9.59 Å². The van der Waals surface area contributed by atoms with E-state index in [1.807, 2.05) is 0 Å². The van der Waals surface area contributed by atoms with Gasteiger partial charge in [0.2, 0.25) is 5.91 Å². The molecule has 0 aliphatic carbocycles. The molecule has 86 valence electrons. The molecule has 0 aliphatic rings. The van der Waals surface area contributed by atoms with Crippen molar-refractivity contribution in [1.29, 1.82) is 0 Å². The van der Waals surface area contributed by atoms with E-state index in [0.29, 0.717) is 0 Å². The van der Waals surface area contributed by atoms with Crippen LogP contribution in [-0.4, -0.2) is 22.3 Å². The Labute approximate surface area is 93.0 Å². The molecule has 0 spiro atoms. The van der Waals surface area contributed by atoms with Gasteiger partial charge in [0.15, 0.2) is 0 Å². The third-order valence-electron chi connectivity index (χ3n) is 2.14. The number of nitrogen functional groups attached to an aromatic ring is 1. The normalized spacial score (nSPS) is 10.9. The minimum atomic E-state index is -1.12. The molecule has 1 aromatic heterocycles. The number of anilines is 1. The van der Waals surface area contributed by atoms with Gasteiger partial charge in [-0.25, -0.2) is 0 Å². The zero-order chi connectivity index (χ0) is 12.3. The summed E-state index contributed by atoms with van der Waals surface area (Å²) in [5.41, 5.74) is 10.1. The topological polar surface area (TPSA) is 111 Å². The lowest BCUT2D eigenvalue weighted by Gasteiger charge is -2.22. The lowest BCUT2D eigenvalue weighted by Crippen LogP contribution is -2.53. The van der Waals surface area contributed by atoms with Crippen LogP contribution in [-0.2, 0) is 4.79 Å². The van der Waals surface area contributed by atoms with E-state index in [2.05, 4.69) is 10.3 Å². The molecule has 0 bridgehead atoms. The fraction of sp³-hybridized carbons (Fsp3) is 0.300. The van der Waals surface area contributed by atoms with Crippen LogP contribution in [0.2, 0.25) is 0 Å². The second-order valence-corrected chi connectivity index (χ2v) is 3.91. The Morgan fingerprint density at radius 3 is 2.56 bits per heavy atom. The molecule has 1 rings (SSSR count). The molecule has 0 atom stereocenters. The van der Waals surface area contributed by atoms with Crippen LogP contribution in [0.3, 0.4) is 0 Å². The number of carbonyl (C=O) groups excluding carboxylic acids is 2. The Kier molecular flexibility index (Phi) is 3.12. The number of rotatable bonds is 3. The standard InChI is InChI=1S/C10H14N4O2/c1-10(2,9(12)16)14-8(15)6-3-4-13-5-7(6)11/h3-5H,11H2,1-2H3,(H2,12,16)(H,14,15). The number of aromatic nitrogens is 1. The van der Waals surface area contributed by atoms with E-state index in [-0.39, 0.29) is 11.3 Å². The average Bonchev–Trinajstić information content (AvgIpc) is 2.17. The number of nitrogens with two attached hydrogens (primary N) is 2. The second kappa shape index (κ2) is 4.18. The van der Waals surface area contributed by atoms with Crippen molar-refractivity contribution in [2.24, 2.45) is 5.73 Å². The van der Waals surface area contributed by atoms with Crippen molar-refractivity contribution in [3.63, 3.8) is 0 Å². The lowest BCUT2D eigenvalue weighted by molar-refractivity contribution is -0.122. The maximum atomic E-state index is 11.8. The van der Waals surface area contributed by atoms with Crippen molar-refractivity contribution in [2.75, 3.05) is 5.73 Å². The number of pyridine rings is 1. The summed E-state index contributed by atoms with van der Waals surface area (Å²) in [7, 11) is 0. The van der Waals surface area contributed by atoms with Crippen molar-refractivity contribution in [3.8, 4) is 0 Å². The SMILES string of the molecule is CC(C)(NC(=O)c1ccncc1N)C(N)=O. The Morgan fingerprint density at radius 1 is 1.44 bits per heavy atom. The van der Waals surface area contributed by atoms with Crippen LogP contribution < -0.4 is 16.8 Å². The molecule has 0 saturated heterocycles. The van der Waals surface area contributed by atoms with Gasteiger partial charge in [-0.3, -0.25) is 14.6 Å². The molecule has 6 heteroatoms. The predicted octanol–water partition coefficient (Wildman–Crippen LogP) is -0.342. The van der Waals surface area contributed by atoms with Crippen LogP contribution in [0, 0.1) is 0 Å². The highest BCUT2D eigenvalue weighted by atomic mass is 16.2. The number of carbonyl (C=O) groups is 2. The van der Waals surface area contributed by atoms with Crippen molar-refractivity contribution in [3.05, 3.63) is 24.0 Å². The number of primary amides is 1. The molecule has 0 saturated carbocycles. The third kappa shape index (κ3) is 2.47. The highest BCUT2D eigenvalue weighted by Gasteiger charge is 2.27. The van der Waals surface area contributed by atoms with Gasteiger partial charge in [-0.1, -0.05) is 0 Å². The quantitative estimate of drug-likeness (QED) is 0.649. The Bertz CT molecular complexity index is 429. The fourth-order valence-electron chi connectivity index (χ4n) is 1.03. The highest BCUT2D eigenvalue weighted by Crippen LogP contribution is 2.10. The van der Waals surface area contributed by atoms with Crippen LogP contribution in [0.5, 0.6) is 0 Å². The van der Waals surface area contributed by atoms with Gasteiger partial charge in [-0.05, 0) is 19.9 Å². The molecular weight excluding hydrogens is 208 g/mol. The molecule has 5 N–H and O–H groups in total. The molecule has 16 heavy (non-hydrogen) atoms. The molecule has 0 fully saturated rings. The van der Waals surface area contributed by atoms with E-state index in [1.54, 1.807) is 0 Å². The van der Waals surface area contributed by atoms with E-state index in [4.69, 9.17) is 11.5 Å². The van der Waals surface area contributed by atoms with E-state index in [0.717, 1.165) is 0 Å². The minimum absolute atomic E-state index is 0.250. The monoisotopic (exact) mass is 222 g/mol. The molecule has 6 nitrogen and oxygen atoms in total. The van der Waals surface area contributed by atoms with Gasteiger partial charge >= 0.3 is 0 Å². The summed E-state index contributed by atoms with van der Waals surface area (Å²) in [6, 6.07) is 1.47. The van der Waals surface area contributed by atoms with Crippen molar-refractivity contribution in [1.82, 2.24) is 10.3 Å². The van der Waals surface area contributed by atoms with Crippen LogP contribution in [0.25, 0.3) is 0 Å². The summed E-state index contributed by atoms with van der Waals surface area (Å²) in [6.45, 7) is 3.04. The predicted molar refractivity (Wildman–Crippen MR) is 59.4 cm³/mol. The number of hydrogen-bond donors (Lipinski definition) is 3. The van der Waals surface area contributed by atoms with Crippen LogP contribution in [0.4, 0.5) is 5.69 Å². The summed E-state index contributed by atoms with van der Waals surface area (Å²) < 4.78 is 0. The zero-order valence-corrected chi connectivity index (χ0v) is 9.15. The Morgan fingerprint density at radius 2 is 2.06 bits per heavy atom. The number of hydrogen-bond acceptors (Lipinski definition) is 4. The maximum Gasteiger partial charge on any atom is 0.254 e. The number of nitrogens with zero attached hydrogens (tertiary/aromatic N) is 1. The molecule has 0 aliphatic heterocycles. The van der Waals surface area contributed by atoms with Crippen LogP contribution >= 0.6 is 0 Å². The first-order chi connectivity index (χ1) is 7.34. The highest BCUT2D eigenvalue weighted by molar-refractivity contribution is 6.01. The molecule has 2 amide bonds. The van der Waals surface area contributed by atoms with Crippen LogP contribution in [0.15, 0.2) is 18.5 Å². The Balaban J connectivity index is 2.89. The average molecular weight is 222 g/mol. The van der Waals surface area contributed by atoms with Gasteiger partial charge in [-0.15, -0.1) is 0 Å². The van der Waals surface area contributed by atoms with Gasteiger partial charge in [-0.2, -0.15) is 0 Å². The van der Waals surface area contributed by atoms with Gasteiger partial charge in [0.25, 0.3) is 5.91 Å². The van der Waals surface area contributed by atoms with E-state index < -0.39 is 17.4 Å². The van der Waals surface area contributed by atoms with E-state index >= 15 is 0 Å². The van der Waals surface area contributed by atoms with Crippen molar-refractivity contribution >= 4 is 17.5 Å². The first-order valence-corrected chi connectivity index (χ1v) is 4.66. The first-order valence-electron chi connectivity index (χ1n) is 4.66. The molecule has 0 radical (unpaired) electrons. The first kappa shape index (κ1) is 12.0. The molecular formula is C10H14N4O2. The summed E-state index contributed by atoms with van der Waals surface area (Å²) in [4.78, 5) is 26.6. The summed E-state index contributed by atoms with van der Waals surface area (Å²) >= 11 is 0. The molecule has 1 heterocycles. The second-order valence-electron chi connectivity index (χ2n) is 3.91. The maximum absolute atomic E-state index is 11.8. The van der Waals surface area contributed by atoms with Gasteiger partial charge < -0.3 is 16.8 Å². The number of nitrogens with one attached hydrogen (secondary N) is 1. The van der Waals surface area contributed by atoms with Crippen LogP contribution in [0.1, 0.15) is 24.2 Å². The summed E-state index contributed by atoms with van der Waals surface area (Å²) in [5.74, 6) is -1.07. The molecule has 0 aromatic carbocycles. The summed E-state index contributed by atoms with van der Waals surface area (Å²) in [5, 5.41) is 2.49. The minimum Gasteiger partial charge on any atom is -0.397 e. The van der Waals surface area contributed by atoms with Gasteiger partial charge in [0.1, 0.15) is 5.54 Å².